The molecule has 1 N–H and O–H groups in total. The average Bonchev–Trinajstić information content (AvgIpc) is 3.25. The van der Waals surface area contributed by atoms with E-state index in [2.05, 4.69) is 20.2 Å². The van der Waals surface area contributed by atoms with Gasteiger partial charge in [-0.05, 0) is 36.4 Å². The Bertz CT molecular complexity index is 1470. The number of thioether (sulfide) groups is 1. The standard InChI is InChI=1S/C24H18ClN5O2S/c25-18-11-5-7-13-20(18)32-14-22-28-29-24(30(22)16-8-2-1-3-9-16)33-15-21-26-19-12-6-4-10-17(19)23(31)27-21/h1-13H,14-15H2,(H,26,27,31). The fourth-order valence-corrected chi connectivity index (χ4v) is 4.40. The molecule has 0 saturated heterocycles. The van der Waals surface area contributed by atoms with Crippen molar-refractivity contribution in [2.75, 3.05) is 0 Å². The van der Waals surface area contributed by atoms with E-state index in [-0.39, 0.29) is 12.2 Å². The van der Waals surface area contributed by atoms with Gasteiger partial charge >= 0.3 is 0 Å². The molecule has 3 aromatic carbocycles. The highest BCUT2D eigenvalue weighted by molar-refractivity contribution is 7.98. The smallest absolute Gasteiger partial charge is 0.258 e. The highest BCUT2D eigenvalue weighted by atomic mass is 35.5. The normalized spacial score (nSPS) is 11.1. The Morgan fingerprint density at radius 1 is 0.939 bits per heavy atom. The van der Waals surface area contributed by atoms with Crippen molar-refractivity contribution in [3.63, 3.8) is 0 Å². The van der Waals surface area contributed by atoms with Crippen LogP contribution >= 0.6 is 23.4 Å². The number of halogens is 1. The molecule has 0 bridgehead atoms. The van der Waals surface area contributed by atoms with E-state index in [1.807, 2.05) is 71.3 Å². The minimum atomic E-state index is -0.158. The second-order valence-corrected chi connectivity index (χ2v) is 8.46. The zero-order chi connectivity index (χ0) is 22.6. The Morgan fingerprint density at radius 3 is 2.55 bits per heavy atom. The number of aromatic amines is 1. The van der Waals surface area contributed by atoms with Gasteiger partial charge in [0.05, 0.1) is 21.7 Å². The topological polar surface area (TPSA) is 85.7 Å². The van der Waals surface area contributed by atoms with Crippen LogP contribution in [0.2, 0.25) is 5.02 Å². The lowest BCUT2D eigenvalue weighted by Crippen LogP contribution is -2.11. The molecule has 5 rings (SSSR count). The molecule has 9 heteroatoms. The fourth-order valence-electron chi connectivity index (χ4n) is 3.36. The van der Waals surface area contributed by atoms with Crippen molar-refractivity contribution < 1.29 is 4.74 Å². The molecule has 0 amide bonds. The van der Waals surface area contributed by atoms with Crippen molar-refractivity contribution in [3.8, 4) is 11.4 Å². The Labute approximate surface area is 198 Å². The van der Waals surface area contributed by atoms with Crippen LogP contribution in [0.3, 0.4) is 0 Å². The third-order valence-corrected chi connectivity index (χ3v) is 6.16. The van der Waals surface area contributed by atoms with Crippen LogP contribution in [-0.4, -0.2) is 24.7 Å². The third kappa shape index (κ3) is 4.62. The monoisotopic (exact) mass is 475 g/mol. The quantitative estimate of drug-likeness (QED) is 0.332. The van der Waals surface area contributed by atoms with Crippen molar-refractivity contribution in [2.45, 2.75) is 17.5 Å². The van der Waals surface area contributed by atoms with Gasteiger partial charge in [0.15, 0.2) is 11.0 Å². The van der Waals surface area contributed by atoms with Gasteiger partial charge in [-0.2, -0.15) is 0 Å². The molecule has 0 atom stereocenters. The zero-order valence-electron chi connectivity index (χ0n) is 17.3. The van der Waals surface area contributed by atoms with Crippen LogP contribution in [0.25, 0.3) is 16.6 Å². The molecule has 0 spiro atoms. The maximum absolute atomic E-state index is 12.4. The Balaban J connectivity index is 1.43. The van der Waals surface area contributed by atoms with Gasteiger partial charge in [-0.3, -0.25) is 9.36 Å². The molecular formula is C24H18ClN5O2S. The molecule has 2 heterocycles. The van der Waals surface area contributed by atoms with E-state index < -0.39 is 0 Å². The zero-order valence-corrected chi connectivity index (χ0v) is 18.9. The lowest BCUT2D eigenvalue weighted by atomic mass is 10.2. The first-order valence-electron chi connectivity index (χ1n) is 10.2. The van der Waals surface area contributed by atoms with Crippen LogP contribution < -0.4 is 10.3 Å². The number of H-pyrrole nitrogens is 1. The molecule has 7 nitrogen and oxygen atoms in total. The molecule has 5 aromatic rings. The second-order valence-electron chi connectivity index (χ2n) is 7.11. The maximum atomic E-state index is 12.4. The van der Waals surface area contributed by atoms with Crippen LogP contribution in [0, 0.1) is 0 Å². The van der Waals surface area contributed by atoms with E-state index in [1.165, 1.54) is 11.8 Å². The van der Waals surface area contributed by atoms with Crippen molar-refractivity contribution in [2.24, 2.45) is 0 Å². The first-order valence-corrected chi connectivity index (χ1v) is 11.5. The number of para-hydroxylation sites is 3. The van der Waals surface area contributed by atoms with Gasteiger partial charge in [0.25, 0.3) is 5.56 Å². The van der Waals surface area contributed by atoms with Gasteiger partial charge < -0.3 is 9.72 Å². The number of nitrogens with zero attached hydrogens (tertiary/aromatic N) is 4. The Kier molecular flexibility index (Phi) is 6.10. The SMILES string of the molecule is O=c1[nH]c(CSc2nnc(COc3ccccc3Cl)n2-c2ccccc2)nc2ccccc12. The summed E-state index contributed by atoms with van der Waals surface area (Å²) >= 11 is 7.65. The van der Waals surface area contributed by atoms with Crippen molar-refractivity contribution in [1.29, 1.82) is 0 Å². The summed E-state index contributed by atoms with van der Waals surface area (Å²) in [6, 6.07) is 24.4. The van der Waals surface area contributed by atoms with E-state index in [0.29, 0.717) is 44.2 Å². The van der Waals surface area contributed by atoms with Crippen LogP contribution in [0.15, 0.2) is 88.8 Å². The maximum Gasteiger partial charge on any atom is 0.258 e. The minimum Gasteiger partial charge on any atom is -0.484 e. The van der Waals surface area contributed by atoms with Gasteiger partial charge in [-0.1, -0.05) is 65.8 Å². The van der Waals surface area contributed by atoms with Gasteiger partial charge in [-0.25, -0.2) is 4.98 Å². The number of fused-ring (bicyclic) bond motifs is 1. The molecular weight excluding hydrogens is 458 g/mol. The first-order chi connectivity index (χ1) is 16.2. The predicted octanol–water partition coefficient (Wildman–Crippen LogP) is 5.03. The van der Waals surface area contributed by atoms with E-state index in [9.17, 15) is 4.79 Å². The van der Waals surface area contributed by atoms with Crippen molar-refractivity contribution in [3.05, 3.63) is 106 Å². The first kappa shape index (κ1) is 21.2. The van der Waals surface area contributed by atoms with E-state index in [0.717, 1.165) is 5.69 Å². The van der Waals surface area contributed by atoms with Crippen LogP contribution in [-0.2, 0) is 12.4 Å². The van der Waals surface area contributed by atoms with E-state index >= 15 is 0 Å². The number of ether oxygens (including phenoxy) is 1. The summed E-state index contributed by atoms with van der Waals surface area (Å²) in [5.41, 5.74) is 1.41. The third-order valence-electron chi connectivity index (χ3n) is 4.91. The molecule has 33 heavy (non-hydrogen) atoms. The molecule has 0 aliphatic rings. The number of benzene rings is 3. The summed E-state index contributed by atoms with van der Waals surface area (Å²) in [7, 11) is 0. The number of hydrogen-bond donors (Lipinski definition) is 1. The van der Waals surface area contributed by atoms with Crippen LogP contribution in [0.5, 0.6) is 5.75 Å². The predicted molar refractivity (Wildman–Crippen MR) is 129 cm³/mol. The summed E-state index contributed by atoms with van der Waals surface area (Å²) in [6.07, 6.45) is 0. The molecule has 0 radical (unpaired) electrons. The minimum absolute atomic E-state index is 0.158. The average molecular weight is 476 g/mol. The molecule has 0 saturated carbocycles. The highest BCUT2D eigenvalue weighted by Gasteiger charge is 2.16. The van der Waals surface area contributed by atoms with Crippen molar-refractivity contribution in [1.82, 2.24) is 24.7 Å². The summed E-state index contributed by atoms with van der Waals surface area (Å²) in [5, 5.41) is 10.5. The summed E-state index contributed by atoms with van der Waals surface area (Å²) in [5.74, 6) is 2.20. The molecule has 0 fully saturated rings. The molecule has 0 aliphatic carbocycles. The van der Waals surface area contributed by atoms with Gasteiger partial charge in [0, 0.05) is 5.69 Å². The molecule has 2 aromatic heterocycles. The Hall–Kier alpha value is -3.62. The Morgan fingerprint density at radius 2 is 1.70 bits per heavy atom. The number of aromatic nitrogens is 5. The second kappa shape index (κ2) is 9.48. The number of rotatable bonds is 7. The summed E-state index contributed by atoms with van der Waals surface area (Å²) in [4.78, 5) is 19.8. The van der Waals surface area contributed by atoms with Crippen LogP contribution in [0.1, 0.15) is 11.6 Å². The van der Waals surface area contributed by atoms with Crippen molar-refractivity contribution >= 4 is 34.3 Å². The fraction of sp³-hybridized carbons (Fsp3) is 0.0833. The van der Waals surface area contributed by atoms with Crippen LogP contribution in [0.4, 0.5) is 0 Å². The molecule has 0 aliphatic heterocycles. The summed E-state index contributed by atoms with van der Waals surface area (Å²) < 4.78 is 7.83. The summed E-state index contributed by atoms with van der Waals surface area (Å²) in [6.45, 7) is 0.192. The lowest BCUT2D eigenvalue weighted by Gasteiger charge is -2.11. The lowest BCUT2D eigenvalue weighted by molar-refractivity contribution is 0.293. The number of nitrogens with one attached hydrogen (secondary N) is 1. The molecule has 164 valence electrons. The molecule has 0 unspecified atom stereocenters. The highest BCUT2D eigenvalue weighted by Crippen LogP contribution is 2.27. The van der Waals surface area contributed by atoms with Gasteiger partial charge in [-0.15, -0.1) is 10.2 Å². The largest absolute Gasteiger partial charge is 0.484 e. The van der Waals surface area contributed by atoms with Gasteiger partial charge in [0.1, 0.15) is 18.2 Å². The van der Waals surface area contributed by atoms with E-state index in [1.54, 1.807) is 12.1 Å². The van der Waals surface area contributed by atoms with E-state index in [4.69, 9.17) is 16.3 Å². The number of hydrogen-bond acceptors (Lipinski definition) is 6. The van der Waals surface area contributed by atoms with Gasteiger partial charge in [0.2, 0.25) is 0 Å².